The van der Waals surface area contributed by atoms with Gasteiger partial charge in [-0.15, -0.1) is 0 Å². The van der Waals surface area contributed by atoms with Crippen molar-refractivity contribution in [2.45, 2.75) is 37.8 Å². The minimum Gasteiger partial charge on any atom is -0.396 e. The lowest BCUT2D eigenvalue weighted by molar-refractivity contribution is 0.0906. The van der Waals surface area contributed by atoms with Gasteiger partial charge in [0.2, 0.25) is 5.95 Å². The number of hydrogen-bond donors (Lipinski definition) is 4. The molecule has 0 bridgehead atoms. The molecule has 2 saturated carbocycles. The largest absolute Gasteiger partial charge is 0.396 e. The van der Waals surface area contributed by atoms with Gasteiger partial charge >= 0.3 is 0 Å². The number of nitrogens with two attached hydrogens (primary N) is 1. The molecule has 3 unspecified atom stereocenters. The van der Waals surface area contributed by atoms with E-state index in [1.165, 1.54) is 12.8 Å². The molecule has 2 fully saturated rings. The van der Waals surface area contributed by atoms with Gasteiger partial charge in [-0.1, -0.05) is 0 Å². The minimum absolute atomic E-state index is 0.00435. The Kier molecular flexibility index (Phi) is 3.57. The van der Waals surface area contributed by atoms with Gasteiger partial charge in [-0.05, 0) is 31.6 Å². The van der Waals surface area contributed by atoms with Gasteiger partial charge in [-0.3, -0.25) is 0 Å². The second-order valence-corrected chi connectivity index (χ2v) is 6.71. The van der Waals surface area contributed by atoms with Crippen molar-refractivity contribution in [3.05, 3.63) is 6.33 Å². The van der Waals surface area contributed by atoms with Crippen molar-refractivity contribution in [2.24, 2.45) is 11.8 Å². The molecule has 2 aromatic rings. The lowest BCUT2D eigenvalue weighted by atomic mass is 10.1. The first-order valence-electron chi connectivity index (χ1n) is 8.18. The Morgan fingerprint density at radius 2 is 2.13 bits per heavy atom. The Labute approximate surface area is 133 Å². The maximum absolute atomic E-state index is 10.0. The van der Waals surface area contributed by atoms with E-state index in [9.17, 15) is 10.2 Å². The summed E-state index contributed by atoms with van der Waals surface area (Å²) in [5, 5.41) is 22.7. The maximum atomic E-state index is 10.0. The number of nitrogens with one attached hydrogen (secondary N) is 1. The van der Waals surface area contributed by atoms with E-state index in [-0.39, 0.29) is 24.5 Å². The van der Waals surface area contributed by atoms with E-state index in [4.69, 9.17) is 5.73 Å². The van der Waals surface area contributed by atoms with Gasteiger partial charge < -0.3 is 25.8 Å². The molecule has 0 radical (unpaired) electrons. The highest BCUT2D eigenvalue weighted by molar-refractivity contribution is 5.84. The Morgan fingerprint density at radius 1 is 1.30 bits per heavy atom. The summed E-state index contributed by atoms with van der Waals surface area (Å²) in [6.07, 6.45) is 5.05. The zero-order chi connectivity index (χ0) is 16.0. The molecule has 3 atom stereocenters. The summed E-state index contributed by atoms with van der Waals surface area (Å²) in [5.74, 6) is 1.52. The molecule has 5 N–H and O–H groups in total. The van der Waals surface area contributed by atoms with Crippen LogP contribution in [0.4, 0.5) is 11.8 Å². The highest BCUT2D eigenvalue weighted by Gasteiger charge is 2.34. The topological polar surface area (TPSA) is 122 Å². The van der Waals surface area contributed by atoms with Gasteiger partial charge in [0.25, 0.3) is 0 Å². The second kappa shape index (κ2) is 5.61. The molecule has 8 heteroatoms. The van der Waals surface area contributed by atoms with Crippen molar-refractivity contribution < 1.29 is 10.2 Å². The highest BCUT2D eigenvalue weighted by atomic mass is 16.3. The van der Waals surface area contributed by atoms with Crippen LogP contribution in [0.15, 0.2) is 6.33 Å². The predicted molar refractivity (Wildman–Crippen MR) is 85.8 cm³/mol. The molecule has 2 aliphatic rings. The van der Waals surface area contributed by atoms with Gasteiger partial charge in [-0.25, -0.2) is 4.98 Å². The lowest BCUT2D eigenvalue weighted by Gasteiger charge is -2.13. The van der Waals surface area contributed by atoms with Crippen LogP contribution in [-0.4, -0.2) is 49.0 Å². The van der Waals surface area contributed by atoms with Crippen molar-refractivity contribution in [1.29, 1.82) is 0 Å². The lowest BCUT2D eigenvalue weighted by Crippen LogP contribution is -2.16. The SMILES string of the molecule is Nc1nc(NCC2CC2)c2ncn(C3CC(O)C(CO)C3)c2n1. The van der Waals surface area contributed by atoms with Crippen LogP contribution in [0.5, 0.6) is 0 Å². The molecular formula is C15H22N6O2. The van der Waals surface area contributed by atoms with Crippen LogP contribution in [-0.2, 0) is 0 Å². The van der Waals surface area contributed by atoms with Gasteiger partial charge in [0, 0.05) is 25.1 Å². The molecular weight excluding hydrogens is 296 g/mol. The van der Waals surface area contributed by atoms with Crippen LogP contribution in [0.1, 0.15) is 31.7 Å². The summed E-state index contributed by atoms with van der Waals surface area (Å²) in [4.78, 5) is 13.1. The molecule has 2 aromatic heterocycles. The summed E-state index contributed by atoms with van der Waals surface area (Å²) in [6, 6.07) is 0.0673. The van der Waals surface area contributed by atoms with Crippen molar-refractivity contribution in [2.75, 3.05) is 24.2 Å². The van der Waals surface area contributed by atoms with Crippen molar-refractivity contribution in [1.82, 2.24) is 19.5 Å². The van der Waals surface area contributed by atoms with Crippen LogP contribution in [0.3, 0.4) is 0 Å². The Bertz CT molecular complexity index is 713. The number of anilines is 2. The van der Waals surface area contributed by atoms with E-state index in [0.717, 1.165) is 12.5 Å². The van der Waals surface area contributed by atoms with Crippen molar-refractivity contribution in [3.8, 4) is 0 Å². The number of hydrogen-bond acceptors (Lipinski definition) is 7. The normalized spacial score (nSPS) is 27.7. The molecule has 0 saturated heterocycles. The van der Waals surface area contributed by atoms with Crippen molar-refractivity contribution >= 4 is 22.9 Å². The van der Waals surface area contributed by atoms with E-state index >= 15 is 0 Å². The smallest absolute Gasteiger partial charge is 0.224 e. The zero-order valence-electron chi connectivity index (χ0n) is 12.9. The number of nitrogen functional groups attached to an aromatic ring is 1. The molecule has 2 aliphatic carbocycles. The van der Waals surface area contributed by atoms with Gasteiger partial charge in [0.1, 0.15) is 0 Å². The van der Waals surface area contributed by atoms with E-state index in [0.29, 0.717) is 29.8 Å². The van der Waals surface area contributed by atoms with Crippen LogP contribution in [0.2, 0.25) is 0 Å². The predicted octanol–water partition coefficient (Wildman–Crippen LogP) is 0.535. The van der Waals surface area contributed by atoms with Gasteiger partial charge in [0.05, 0.1) is 12.4 Å². The fourth-order valence-corrected chi connectivity index (χ4v) is 3.38. The van der Waals surface area contributed by atoms with Crippen molar-refractivity contribution in [3.63, 3.8) is 0 Å². The number of aromatic nitrogens is 4. The van der Waals surface area contributed by atoms with Crippen LogP contribution in [0.25, 0.3) is 11.2 Å². The maximum Gasteiger partial charge on any atom is 0.224 e. The number of nitrogens with zero attached hydrogens (tertiary/aromatic N) is 4. The molecule has 0 amide bonds. The van der Waals surface area contributed by atoms with Crippen LogP contribution < -0.4 is 11.1 Å². The van der Waals surface area contributed by atoms with Gasteiger partial charge in [-0.2, -0.15) is 9.97 Å². The fraction of sp³-hybridized carbons (Fsp3) is 0.667. The molecule has 0 spiro atoms. The summed E-state index contributed by atoms with van der Waals surface area (Å²) in [6.45, 7) is 0.878. The molecule has 4 rings (SSSR count). The van der Waals surface area contributed by atoms with Crippen LogP contribution >= 0.6 is 0 Å². The average molecular weight is 318 g/mol. The third-order valence-corrected chi connectivity index (χ3v) is 4.95. The number of imidazole rings is 1. The molecule has 0 aromatic carbocycles. The van der Waals surface area contributed by atoms with E-state index in [2.05, 4.69) is 20.3 Å². The zero-order valence-corrected chi connectivity index (χ0v) is 12.9. The van der Waals surface area contributed by atoms with E-state index < -0.39 is 6.10 Å². The molecule has 8 nitrogen and oxygen atoms in total. The first-order chi connectivity index (χ1) is 11.2. The highest BCUT2D eigenvalue weighted by Crippen LogP contribution is 2.37. The first-order valence-corrected chi connectivity index (χ1v) is 8.18. The fourth-order valence-electron chi connectivity index (χ4n) is 3.38. The third-order valence-electron chi connectivity index (χ3n) is 4.95. The standard InChI is InChI=1S/C15H22N6O2/c16-15-19-13(17-5-8-1-2-8)12-14(20-15)21(7-18-12)10-3-9(6-22)11(23)4-10/h7-11,22-23H,1-6H2,(H3,16,17,19,20). The minimum atomic E-state index is -0.492. The molecule has 0 aliphatic heterocycles. The Balaban J connectivity index is 1.65. The number of fused-ring (bicyclic) bond motifs is 1. The number of aliphatic hydroxyl groups excluding tert-OH is 2. The monoisotopic (exact) mass is 318 g/mol. The molecule has 124 valence electrons. The summed E-state index contributed by atoms with van der Waals surface area (Å²) in [7, 11) is 0. The average Bonchev–Trinajstić information content (AvgIpc) is 3.15. The van der Waals surface area contributed by atoms with Gasteiger partial charge in [0.15, 0.2) is 17.0 Å². The third kappa shape index (κ3) is 2.72. The summed E-state index contributed by atoms with van der Waals surface area (Å²) < 4.78 is 1.95. The van der Waals surface area contributed by atoms with E-state index in [1.807, 2.05) is 4.57 Å². The summed E-state index contributed by atoms with van der Waals surface area (Å²) >= 11 is 0. The number of rotatable bonds is 5. The first kappa shape index (κ1) is 14.6. The quantitative estimate of drug-likeness (QED) is 0.634. The van der Waals surface area contributed by atoms with Crippen LogP contribution in [0, 0.1) is 11.8 Å². The summed E-state index contributed by atoms with van der Waals surface area (Å²) in [5.41, 5.74) is 7.26. The number of aliphatic hydroxyl groups is 2. The second-order valence-electron chi connectivity index (χ2n) is 6.71. The Morgan fingerprint density at radius 3 is 2.83 bits per heavy atom. The molecule has 2 heterocycles. The van der Waals surface area contributed by atoms with E-state index in [1.54, 1.807) is 6.33 Å². The Hall–Kier alpha value is -1.93. The molecule has 23 heavy (non-hydrogen) atoms.